The van der Waals surface area contributed by atoms with Crippen LogP contribution in [-0.2, 0) is 11.3 Å². The smallest absolute Gasteiger partial charge is 0.388 e. The van der Waals surface area contributed by atoms with Gasteiger partial charge in [-0.25, -0.2) is 4.79 Å². The van der Waals surface area contributed by atoms with Crippen molar-refractivity contribution in [3.8, 4) is 17.1 Å². The highest BCUT2D eigenvalue weighted by atomic mass is 35.5. The number of hydrogen-bond acceptors (Lipinski definition) is 7. The van der Waals surface area contributed by atoms with Gasteiger partial charge >= 0.3 is 5.76 Å². The van der Waals surface area contributed by atoms with E-state index in [1.54, 1.807) is 35.4 Å². The number of benzene rings is 2. The van der Waals surface area contributed by atoms with Crippen LogP contribution >= 0.6 is 11.6 Å². The zero-order valence-corrected chi connectivity index (χ0v) is 19.3. The number of carbonyl (C=O) groups excluding carboxylic acids is 1. The van der Waals surface area contributed by atoms with E-state index in [0.717, 1.165) is 4.68 Å². The van der Waals surface area contributed by atoms with Gasteiger partial charge in [0.1, 0.15) is 11.6 Å². The van der Waals surface area contributed by atoms with Crippen LogP contribution in [0, 0.1) is 0 Å². The van der Waals surface area contributed by atoms with E-state index in [-0.39, 0.29) is 23.4 Å². The molecule has 1 aliphatic heterocycles. The lowest BCUT2D eigenvalue weighted by Gasteiger charge is -2.36. The van der Waals surface area contributed by atoms with Gasteiger partial charge in [0, 0.05) is 31.7 Å². The summed E-state index contributed by atoms with van der Waals surface area (Å²) in [6, 6.07) is 18.0. The lowest BCUT2D eigenvalue weighted by Crippen LogP contribution is -2.50. The lowest BCUT2D eigenvalue weighted by molar-refractivity contribution is -0.132. The maximum absolute atomic E-state index is 12.8. The van der Waals surface area contributed by atoms with E-state index in [1.807, 2.05) is 41.3 Å². The molecule has 2 aromatic carbocycles. The van der Waals surface area contributed by atoms with E-state index in [9.17, 15) is 14.4 Å². The quantitative estimate of drug-likeness (QED) is 0.419. The summed E-state index contributed by atoms with van der Waals surface area (Å²) in [6.45, 7) is 1.50. The third-order valence-electron chi connectivity index (χ3n) is 5.79. The summed E-state index contributed by atoms with van der Waals surface area (Å²) in [6.07, 6.45) is 1.56. The predicted octanol–water partition coefficient (Wildman–Crippen LogP) is 2.05. The maximum Gasteiger partial charge on any atom is 0.437 e. The van der Waals surface area contributed by atoms with Gasteiger partial charge in [-0.05, 0) is 24.3 Å². The number of piperazine rings is 1. The molecule has 1 saturated heterocycles. The van der Waals surface area contributed by atoms with Crippen LogP contribution in [0.5, 0.6) is 0 Å². The van der Waals surface area contributed by atoms with E-state index in [2.05, 4.69) is 10.2 Å². The highest BCUT2D eigenvalue weighted by molar-refractivity contribution is 6.33. The van der Waals surface area contributed by atoms with Gasteiger partial charge in [-0.1, -0.05) is 48.0 Å². The van der Waals surface area contributed by atoms with Crippen molar-refractivity contribution in [3.05, 3.63) is 92.8 Å². The van der Waals surface area contributed by atoms with Gasteiger partial charge in [-0.15, -0.1) is 5.10 Å². The second-order valence-electron chi connectivity index (χ2n) is 7.96. The molecule has 0 atom stereocenters. The SMILES string of the molecule is O=C(Cn1nc(-c2ccccc2)oc1=O)N1CCN(c2cnn(-c3ccccc3)c(=O)c2Cl)CC1. The van der Waals surface area contributed by atoms with Crippen molar-refractivity contribution >= 4 is 23.2 Å². The third kappa shape index (κ3) is 4.60. The molecule has 0 bridgehead atoms. The number of rotatable bonds is 5. The first kappa shape index (κ1) is 22.6. The molecule has 0 unspecified atom stereocenters. The first-order valence-electron chi connectivity index (χ1n) is 11.0. The molecule has 4 aromatic rings. The Kier molecular flexibility index (Phi) is 6.19. The monoisotopic (exact) mass is 492 g/mol. The second kappa shape index (κ2) is 9.59. The van der Waals surface area contributed by atoms with Crippen molar-refractivity contribution in [2.45, 2.75) is 6.54 Å². The largest absolute Gasteiger partial charge is 0.437 e. The van der Waals surface area contributed by atoms with Gasteiger partial charge in [-0.2, -0.15) is 14.5 Å². The molecule has 0 aliphatic carbocycles. The number of halogens is 1. The molecule has 5 rings (SSSR count). The highest BCUT2D eigenvalue weighted by Crippen LogP contribution is 2.23. The predicted molar refractivity (Wildman–Crippen MR) is 130 cm³/mol. The van der Waals surface area contributed by atoms with Crippen LogP contribution in [0.1, 0.15) is 0 Å². The zero-order chi connectivity index (χ0) is 24.4. The fourth-order valence-electron chi connectivity index (χ4n) is 3.93. The summed E-state index contributed by atoms with van der Waals surface area (Å²) in [5.74, 6) is -0.767. The molecular formula is C24H21ClN6O4. The van der Waals surface area contributed by atoms with E-state index in [1.165, 1.54) is 4.68 Å². The summed E-state index contributed by atoms with van der Waals surface area (Å²) >= 11 is 6.41. The molecule has 11 heteroatoms. The molecule has 2 aromatic heterocycles. The minimum absolute atomic E-state index is 0.0752. The summed E-state index contributed by atoms with van der Waals surface area (Å²) in [5.41, 5.74) is 1.40. The molecule has 10 nitrogen and oxygen atoms in total. The number of anilines is 1. The average Bonchev–Trinajstić information content (AvgIpc) is 3.26. The number of carbonyl (C=O) groups is 1. The molecule has 35 heavy (non-hydrogen) atoms. The van der Waals surface area contributed by atoms with Crippen molar-refractivity contribution in [1.82, 2.24) is 24.5 Å². The Balaban J connectivity index is 1.24. The van der Waals surface area contributed by atoms with Crippen LogP contribution in [0.25, 0.3) is 17.1 Å². The van der Waals surface area contributed by atoms with Gasteiger partial charge in [0.15, 0.2) is 0 Å². The van der Waals surface area contributed by atoms with Crippen LogP contribution in [0.15, 0.2) is 80.9 Å². The van der Waals surface area contributed by atoms with Crippen molar-refractivity contribution in [2.24, 2.45) is 0 Å². The molecule has 1 fully saturated rings. The third-order valence-corrected chi connectivity index (χ3v) is 6.14. The summed E-state index contributed by atoms with van der Waals surface area (Å²) in [4.78, 5) is 41.3. The van der Waals surface area contributed by atoms with E-state index < -0.39 is 11.3 Å². The molecule has 0 spiro atoms. The van der Waals surface area contributed by atoms with E-state index in [4.69, 9.17) is 16.0 Å². The van der Waals surface area contributed by atoms with Gasteiger partial charge in [0.25, 0.3) is 5.56 Å². The Hall–Kier alpha value is -4.18. The molecule has 178 valence electrons. The summed E-state index contributed by atoms with van der Waals surface area (Å²) < 4.78 is 7.48. The van der Waals surface area contributed by atoms with Crippen molar-refractivity contribution in [2.75, 3.05) is 31.1 Å². The van der Waals surface area contributed by atoms with Crippen molar-refractivity contribution in [1.29, 1.82) is 0 Å². The van der Waals surface area contributed by atoms with Crippen molar-refractivity contribution in [3.63, 3.8) is 0 Å². The number of amides is 1. The van der Waals surface area contributed by atoms with Crippen LogP contribution in [0.3, 0.4) is 0 Å². The molecule has 0 N–H and O–H groups in total. The number of nitrogens with zero attached hydrogens (tertiary/aromatic N) is 6. The molecule has 0 saturated carbocycles. The average molecular weight is 493 g/mol. The lowest BCUT2D eigenvalue weighted by atomic mass is 10.2. The number of hydrogen-bond donors (Lipinski definition) is 0. The Morgan fingerprint density at radius 3 is 2.29 bits per heavy atom. The Morgan fingerprint density at radius 1 is 0.943 bits per heavy atom. The van der Waals surface area contributed by atoms with E-state index in [0.29, 0.717) is 43.1 Å². The van der Waals surface area contributed by atoms with E-state index >= 15 is 0 Å². The first-order valence-corrected chi connectivity index (χ1v) is 11.4. The second-order valence-corrected chi connectivity index (χ2v) is 8.34. The van der Waals surface area contributed by atoms with Gasteiger partial charge in [0.05, 0.1) is 17.6 Å². The fourth-order valence-corrected chi connectivity index (χ4v) is 4.17. The standard InChI is InChI=1S/C24H21ClN6O4/c25-21-19(15-26-31(23(21)33)18-9-5-2-6-10-18)28-11-13-29(14-12-28)20(32)16-30-24(34)35-22(27-30)17-7-3-1-4-8-17/h1-10,15H,11-14,16H2. The van der Waals surface area contributed by atoms with Crippen molar-refractivity contribution < 1.29 is 9.21 Å². The van der Waals surface area contributed by atoms with Crippen LogP contribution in [0.2, 0.25) is 5.02 Å². The molecule has 1 aliphatic rings. The minimum atomic E-state index is -0.687. The summed E-state index contributed by atoms with van der Waals surface area (Å²) in [5, 5.41) is 8.50. The van der Waals surface area contributed by atoms with Gasteiger partial charge in [0.2, 0.25) is 11.8 Å². The normalized spacial score (nSPS) is 13.7. The first-order chi connectivity index (χ1) is 17.0. The molecule has 0 radical (unpaired) electrons. The maximum atomic E-state index is 12.8. The summed E-state index contributed by atoms with van der Waals surface area (Å²) in [7, 11) is 0. The highest BCUT2D eigenvalue weighted by Gasteiger charge is 2.25. The topological polar surface area (TPSA) is 106 Å². The van der Waals surface area contributed by atoms with Crippen LogP contribution in [-0.4, -0.2) is 56.5 Å². The van der Waals surface area contributed by atoms with Crippen LogP contribution in [0.4, 0.5) is 5.69 Å². The Labute approximate surface area is 204 Å². The van der Waals surface area contributed by atoms with Gasteiger partial charge in [-0.3, -0.25) is 9.59 Å². The Morgan fingerprint density at radius 2 is 1.60 bits per heavy atom. The number of aromatic nitrogens is 4. The minimum Gasteiger partial charge on any atom is -0.388 e. The Bertz CT molecular complexity index is 1460. The molecular weight excluding hydrogens is 472 g/mol. The molecule has 1 amide bonds. The zero-order valence-electron chi connectivity index (χ0n) is 18.6. The number of para-hydroxylation sites is 1. The fraction of sp³-hybridized carbons (Fsp3) is 0.208. The van der Waals surface area contributed by atoms with Crippen LogP contribution < -0.4 is 16.2 Å². The van der Waals surface area contributed by atoms with Gasteiger partial charge < -0.3 is 14.2 Å². The molecule has 3 heterocycles.